The quantitative estimate of drug-likeness (QED) is 0.746. The van der Waals surface area contributed by atoms with Crippen LogP contribution in [0.4, 0.5) is 4.79 Å². The summed E-state index contributed by atoms with van der Waals surface area (Å²) in [6.45, 7) is 2.06. The second-order valence-electron chi connectivity index (χ2n) is 4.28. The Kier molecular flexibility index (Phi) is 4.67. The predicted octanol–water partition coefficient (Wildman–Crippen LogP) is 0.620. The first-order chi connectivity index (χ1) is 9.70. The van der Waals surface area contributed by atoms with Gasteiger partial charge in [-0.2, -0.15) is 0 Å². The van der Waals surface area contributed by atoms with Crippen molar-refractivity contribution in [2.45, 2.75) is 13.0 Å². The van der Waals surface area contributed by atoms with Gasteiger partial charge in [-0.1, -0.05) is 17.3 Å². The van der Waals surface area contributed by atoms with Crippen LogP contribution in [-0.2, 0) is 0 Å². The standard InChI is InChI=1S/C13H17N5O2/c1-10(16-13(20)14-7-9-19)11-2-4-12(5-3-11)18-8-6-15-17-18/h2-6,8,10,19H,7,9H2,1H3,(H2,14,16,20). The van der Waals surface area contributed by atoms with Gasteiger partial charge in [-0.15, -0.1) is 5.10 Å². The van der Waals surface area contributed by atoms with E-state index < -0.39 is 0 Å². The zero-order valence-corrected chi connectivity index (χ0v) is 11.2. The van der Waals surface area contributed by atoms with Crippen molar-refractivity contribution in [3.8, 4) is 5.69 Å². The van der Waals surface area contributed by atoms with Crippen LogP contribution in [0.2, 0.25) is 0 Å². The fourth-order valence-corrected chi connectivity index (χ4v) is 1.76. The second-order valence-corrected chi connectivity index (χ2v) is 4.28. The van der Waals surface area contributed by atoms with Crippen molar-refractivity contribution in [3.05, 3.63) is 42.2 Å². The highest BCUT2D eigenvalue weighted by molar-refractivity contribution is 5.74. The number of nitrogens with one attached hydrogen (secondary N) is 2. The summed E-state index contributed by atoms with van der Waals surface area (Å²) in [6.07, 6.45) is 3.38. The Morgan fingerprint density at radius 2 is 2.15 bits per heavy atom. The molecule has 0 aliphatic heterocycles. The summed E-state index contributed by atoms with van der Waals surface area (Å²) in [5.74, 6) is 0. The summed E-state index contributed by atoms with van der Waals surface area (Å²) in [5, 5.41) is 21.6. The number of carbonyl (C=O) groups excluding carboxylic acids is 1. The third kappa shape index (κ3) is 3.55. The molecule has 2 aromatic rings. The van der Waals surface area contributed by atoms with Gasteiger partial charge >= 0.3 is 6.03 Å². The van der Waals surface area contributed by atoms with E-state index in [9.17, 15) is 4.79 Å². The van der Waals surface area contributed by atoms with Crippen LogP contribution in [0.15, 0.2) is 36.7 Å². The number of benzene rings is 1. The monoisotopic (exact) mass is 275 g/mol. The van der Waals surface area contributed by atoms with Gasteiger partial charge in [0.25, 0.3) is 0 Å². The molecule has 0 aliphatic rings. The van der Waals surface area contributed by atoms with Crippen LogP contribution >= 0.6 is 0 Å². The zero-order chi connectivity index (χ0) is 14.4. The van der Waals surface area contributed by atoms with E-state index in [0.717, 1.165) is 11.3 Å². The van der Waals surface area contributed by atoms with Gasteiger partial charge in [-0.25, -0.2) is 9.48 Å². The highest BCUT2D eigenvalue weighted by Crippen LogP contribution is 2.14. The number of urea groups is 1. The molecule has 0 saturated heterocycles. The minimum absolute atomic E-state index is 0.0750. The fourth-order valence-electron chi connectivity index (χ4n) is 1.76. The van der Waals surface area contributed by atoms with E-state index in [1.807, 2.05) is 31.2 Å². The topological polar surface area (TPSA) is 92.1 Å². The number of amides is 2. The smallest absolute Gasteiger partial charge is 0.315 e. The summed E-state index contributed by atoms with van der Waals surface area (Å²) in [5.41, 5.74) is 1.89. The lowest BCUT2D eigenvalue weighted by Gasteiger charge is -2.15. The first-order valence-corrected chi connectivity index (χ1v) is 6.32. The summed E-state index contributed by atoms with van der Waals surface area (Å²) >= 11 is 0. The van der Waals surface area contributed by atoms with Crippen molar-refractivity contribution in [2.75, 3.05) is 13.2 Å². The number of nitrogens with zero attached hydrogens (tertiary/aromatic N) is 3. The van der Waals surface area contributed by atoms with Crippen LogP contribution in [0.5, 0.6) is 0 Å². The Morgan fingerprint density at radius 1 is 1.40 bits per heavy atom. The van der Waals surface area contributed by atoms with E-state index in [-0.39, 0.29) is 25.2 Å². The molecule has 7 nitrogen and oxygen atoms in total. The van der Waals surface area contributed by atoms with Crippen LogP contribution in [-0.4, -0.2) is 39.3 Å². The van der Waals surface area contributed by atoms with Crippen molar-refractivity contribution in [2.24, 2.45) is 0 Å². The number of rotatable bonds is 5. The molecule has 1 unspecified atom stereocenters. The molecule has 0 radical (unpaired) electrons. The molecule has 2 amide bonds. The van der Waals surface area contributed by atoms with E-state index in [0.29, 0.717) is 0 Å². The molecule has 7 heteroatoms. The molecule has 0 fully saturated rings. The molecule has 1 aromatic carbocycles. The van der Waals surface area contributed by atoms with Crippen molar-refractivity contribution in [3.63, 3.8) is 0 Å². The third-order valence-electron chi connectivity index (χ3n) is 2.83. The van der Waals surface area contributed by atoms with Crippen LogP contribution in [0, 0.1) is 0 Å². The lowest BCUT2D eigenvalue weighted by molar-refractivity contribution is 0.231. The Balaban J connectivity index is 1.97. The van der Waals surface area contributed by atoms with Crippen molar-refractivity contribution in [1.29, 1.82) is 0 Å². The normalized spacial score (nSPS) is 11.9. The molecule has 1 heterocycles. The minimum atomic E-state index is -0.299. The lowest BCUT2D eigenvalue weighted by Crippen LogP contribution is -2.38. The molecule has 106 valence electrons. The molecule has 2 rings (SSSR count). The fraction of sp³-hybridized carbons (Fsp3) is 0.308. The maximum Gasteiger partial charge on any atom is 0.315 e. The summed E-state index contributed by atoms with van der Waals surface area (Å²) in [6, 6.07) is 7.24. The number of aromatic nitrogens is 3. The Labute approximate surface area is 116 Å². The van der Waals surface area contributed by atoms with Gasteiger partial charge in [-0.05, 0) is 24.6 Å². The average Bonchev–Trinajstić information content (AvgIpc) is 2.99. The first-order valence-electron chi connectivity index (χ1n) is 6.32. The Morgan fingerprint density at radius 3 is 2.75 bits per heavy atom. The SMILES string of the molecule is CC(NC(=O)NCCO)c1ccc(-n2ccnn2)cc1. The summed E-state index contributed by atoms with van der Waals surface area (Å²) in [7, 11) is 0. The number of hydrogen-bond donors (Lipinski definition) is 3. The molecule has 0 spiro atoms. The lowest BCUT2D eigenvalue weighted by atomic mass is 10.1. The Hall–Kier alpha value is -2.41. The highest BCUT2D eigenvalue weighted by atomic mass is 16.3. The van der Waals surface area contributed by atoms with E-state index in [4.69, 9.17) is 5.11 Å². The van der Waals surface area contributed by atoms with Gasteiger partial charge in [0, 0.05) is 6.54 Å². The maximum atomic E-state index is 11.5. The van der Waals surface area contributed by atoms with Gasteiger partial charge in [0.15, 0.2) is 0 Å². The molecule has 3 N–H and O–H groups in total. The van der Waals surface area contributed by atoms with Crippen molar-refractivity contribution < 1.29 is 9.90 Å². The third-order valence-corrected chi connectivity index (χ3v) is 2.83. The van der Waals surface area contributed by atoms with Crippen LogP contribution in [0.25, 0.3) is 5.69 Å². The molecule has 1 atom stereocenters. The van der Waals surface area contributed by atoms with E-state index in [1.165, 1.54) is 0 Å². The van der Waals surface area contributed by atoms with E-state index in [2.05, 4.69) is 20.9 Å². The first kappa shape index (κ1) is 14.0. The molecule has 20 heavy (non-hydrogen) atoms. The summed E-state index contributed by atoms with van der Waals surface area (Å²) < 4.78 is 1.66. The number of hydrogen-bond acceptors (Lipinski definition) is 4. The van der Waals surface area contributed by atoms with Gasteiger partial charge in [0.1, 0.15) is 0 Å². The van der Waals surface area contributed by atoms with E-state index >= 15 is 0 Å². The maximum absolute atomic E-state index is 11.5. The van der Waals surface area contributed by atoms with Gasteiger partial charge in [0.05, 0.1) is 30.7 Å². The number of aliphatic hydroxyl groups is 1. The van der Waals surface area contributed by atoms with E-state index in [1.54, 1.807) is 17.1 Å². The van der Waals surface area contributed by atoms with Crippen molar-refractivity contribution >= 4 is 6.03 Å². The van der Waals surface area contributed by atoms with Gasteiger partial charge in [-0.3, -0.25) is 0 Å². The largest absolute Gasteiger partial charge is 0.395 e. The van der Waals surface area contributed by atoms with Crippen LogP contribution < -0.4 is 10.6 Å². The molecule has 0 bridgehead atoms. The predicted molar refractivity (Wildman–Crippen MR) is 73.4 cm³/mol. The van der Waals surface area contributed by atoms with Gasteiger partial charge in [0.2, 0.25) is 0 Å². The summed E-state index contributed by atoms with van der Waals surface area (Å²) in [4.78, 5) is 11.5. The molecule has 1 aromatic heterocycles. The zero-order valence-electron chi connectivity index (χ0n) is 11.2. The highest BCUT2D eigenvalue weighted by Gasteiger charge is 2.09. The molecule has 0 aliphatic carbocycles. The van der Waals surface area contributed by atoms with Crippen LogP contribution in [0.1, 0.15) is 18.5 Å². The van der Waals surface area contributed by atoms with Crippen LogP contribution in [0.3, 0.4) is 0 Å². The van der Waals surface area contributed by atoms with Crippen molar-refractivity contribution in [1.82, 2.24) is 25.6 Å². The van der Waals surface area contributed by atoms with Gasteiger partial charge < -0.3 is 15.7 Å². The molecular formula is C13H17N5O2. The second kappa shape index (κ2) is 6.67. The number of carbonyl (C=O) groups is 1. The molecule has 0 saturated carbocycles. The minimum Gasteiger partial charge on any atom is -0.395 e. The average molecular weight is 275 g/mol. The Bertz CT molecular complexity index is 538. The molecular weight excluding hydrogens is 258 g/mol. The number of aliphatic hydroxyl groups excluding tert-OH is 1.